The van der Waals surface area contributed by atoms with Gasteiger partial charge in [0.25, 0.3) is 0 Å². The van der Waals surface area contributed by atoms with Gasteiger partial charge in [-0.1, -0.05) is 19.1 Å². The van der Waals surface area contributed by atoms with Crippen LogP contribution in [0.5, 0.6) is 0 Å². The number of halogens is 1. The van der Waals surface area contributed by atoms with Crippen molar-refractivity contribution in [1.82, 2.24) is 10.2 Å². The lowest BCUT2D eigenvalue weighted by atomic mass is 10.0. The van der Waals surface area contributed by atoms with E-state index in [1.54, 1.807) is 0 Å². The van der Waals surface area contributed by atoms with E-state index in [9.17, 15) is 4.39 Å². The van der Waals surface area contributed by atoms with E-state index in [2.05, 4.69) is 31.0 Å². The summed E-state index contributed by atoms with van der Waals surface area (Å²) in [6.07, 6.45) is 2.22. The monoisotopic (exact) mass is 266 g/mol. The van der Waals surface area contributed by atoms with Gasteiger partial charge in [0.2, 0.25) is 0 Å². The summed E-state index contributed by atoms with van der Waals surface area (Å²) in [4.78, 5) is 2.49. The molecule has 1 aromatic rings. The van der Waals surface area contributed by atoms with Crippen LogP contribution in [0.4, 0.5) is 4.39 Å². The van der Waals surface area contributed by atoms with Crippen molar-refractivity contribution in [2.24, 2.45) is 0 Å². The van der Waals surface area contributed by atoms with E-state index in [4.69, 9.17) is 0 Å². The maximum atomic E-state index is 12.9. The normalized spacial score (nSPS) is 13.2. The highest BCUT2D eigenvalue weighted by atomic mass is 19.1. The molecule has 1 N–H and O–H groups in total. The third kappa shape index (κ3) is 5.29. The van der Waals surface area contributed by atoms with Crippen LogP contribution in [0.1, 0.15) is 45.2 Å². The van der Waals surface area contributed by atoms with E-state index < -0.39 is 0 Å². The Morgan fingerprint density at radius 3 is 2.26 bits per heavy atom. The molecule has 108 valence electrons. The molecule has 19 heavy (non-hydrogen) atoms. The van der Waals surface area contributed by atoms with E-state index in [-0.39, 0.29) is 5.82 Å². The molecule has 2 nitrogen and oxygen atoms in total. The topological polar surface area (TPSA) is 15.3 Å². The molecule has 1 aromatic carbocycles. The second-order valence-corrected chi connectivity index (χ2v) is 5.31. The summed E-state index contributed by atoms with van der Waals surface area (Å²) in [6, 6.07) is 7.67. The summed E-state index contributed by atoms with van der Waals surface area (Å²) in [5.41, 5.74) is 1.16. The molecule has 0 saturated heterocycles. The van der Waals surface area contributed by atoms with Gasteiger partial charge in [-0.05, 0) is 58.0 Å². The molecule has 0 aliphatic carbocycles. The van der Waals surface area contributed by atoms with Gasteiger partial charge in [0.1, 0.15) is 5.82 Å². The van der Waals surface area contributed by atoms with Crippen LogP contribution in [0.25, 0.3) is 0 Å². The first kappa shape index (κ1) is 16.1. The molecular formula is C16H27FN2. The Hall–Kier alpha value is -0.930. The fourth-order valence-corrected chi connectivity index (χ4v) is 2.38. The summed E-state index contributed by atoms with van der Waals surface area (Å²) < 4.78 is 12.9. The quantitative estimate of drug-likeness (QED) is 0.773. The standard InChI is InChI=1S/C16H27FN2/c1-5-11-19(13(2)3)12-10-16(18-4)14-6-8-15(17)9-7-14/h6-9,13,16,18H,5,10-12H2,1-4H3. The van der Waals surface area contributed by atoms with Gasteiger partial charge >= 0.3 is 0 Å². The molecule has 0 amide bonds. The Bertz CT molecular complexity index is 348. The molecule has 0 aliphatic rings. The number of rotatable bonds is 8. The van der Waals surface area contributed by atoms with Gasteiger partial charge in [0.05, 0.1) is 0 Å². The van der Waals surface area contributed by atoms with E-state index in [0.29, 0.717) is 12.1 Å². The zero-order chi connectivity index (χ0) is 14.3. The Morgan fingerprint density at radius 2 is 1.79 bits per heavy atom. The number of hydrogen-bond donors (Lipinski definition) is 1. The Morgan fingerprint density at radius 1 is 1.16 bits per heavy atom. The molecule has 0 aromatic heterocycles. The van der Waals surface area contributed by atoms with Crippen molar-refractivity contribution >= 4 is 0 Å². The minimum atomic E-state index is -0.173. The number of hydrogen-bond acceptors (Lipinski definition) is 2. The summed E-state index contributed by atoms with van der Waals surface area (Å²) in [6.45, 7) is 8.89. The van der Waals surface area contributed by atoms with Crippen LogP contribution < -0.4 is 5.32 Å². The van der Waals surface area contributed by atoms with Crippen LogP contribution in [0.3, 0.4) is 0 Å². The maximum absolute atomic E-state index is 12.9. The summed E-state index contributed by atoms with van der Waals surface area (Å²) in [5.74, 6) is -0.173. The van der Waals surface area contributed by atoms with Crippen molar-refractivity contribution in [1.29, 1.82) is 0 Å². The van der Waals surface area contributed by atoms with Crippen LogP contribution in [-0.2, 0) is 0 Å². The molecule has 3 heteroatoms. The van der Waals surface area contributed by atoms with Gasteiger partial charge in [0.15, 0.2) is 0 Å². The first-order valence-corrected chi connectivity index (χ1v) is 7.25. The third-order valence-corrected chi connectivity index (χ3v) is 3.57. The average Bonchev–Trinajstić information content (AvgIpc) is 2.39. The highest BCUT2D eigenvalue weighted by Crippen LogP contribution is 2.18. The van der Waals surface area contributed by atoms with Crippen LogP contribution >= 0.6 is 0 Å². The van der Waals surface area contributed by atoms with Crippen molar-refractivity contribution in [3.63, 3.8) is 0 Å². The predicted octanol–water partition coefficient (Wildman–Crippen LogP) is 3.60. The molecule has 0 radical (unpaired) electrons. The largest absolute Gasteiger partial charge is 0.313 e. The zero-order valence-corrected chi connectivity index (χ0v) is 12.6. The minimum absolute atomic E-state index is 0.173. The lowest BCUT2D eigenvalue weighted by molar-refractivity contribution is 0.211. The second kappa shape index (κ2) is 8.28. The SMILES string of the molecule is CCCN(CCC(NC)c1ccc(F)cc1)C(C)C. The highest BCUT2D eigenvalue weighted by molar-refractivity contribution is 5.19. The molecule has 0 fully saturated rings. The van der Waals surface area contributed by atoms with Crippen molar-refractivity contribution in [2.45, 2.75) is 45.7 Å². The van der Waals surface area contributed by atoms with Gasteiger partial charge in [-0.3, -0.25) is 0 Å². The average molecular weight is 266 g/mol. The molecule has 0 aliphatic heterocycles. The van der Waals surface area contributed by atoms with Crippen LogP contribution in [-0.4, -0.2) is 31.1 Å². The fourth-order valence-electron chi connectivity index (χ4n) is 2.38. The van der Waals surface area contributed by atoms with Crippen molar-refractivity contribution < 1.29 is 4.39 Å². The molecule has 0 heterocycles. The summed E-state index contributed by atoms with van der Waals surface area (Å²) >= 11 is 0. The third-order valence-electron chi connectivity index (χ3n) is 3.57. The molecule has 1 unspecified atom stereocenters. The lowest BCUT2D eigenvalue weighted by Gasteiger charge is -2.28. The van der Waals surface area contributed by atoms with Gasteiger partial charge in [-0.2, -0.15) is 0 Å². The van der Waals surface area contributed by atoms with E-state index in [1.165, 1.54) is 18.6 Å². The highest BCUT2D eigenvalue weighted by Gasteiger charge is 2.13. The zero-order valence-electron chi connectivity index (χ0n) is 12.6. The lowest BCUT2D eigenvalue weighted by Crippen LogP contribution is -2.34. The fraction of sp³-hybridized carbons (Fsp3) is 0.625. The Balaban J connectivity index is 2.59. The molecule has 0 spiro atoms. The van der Waals surface area contributed by atoms with Crippen molar-refractivity contribution in [3.05, 3.63) is 35.6 Å². The van der Waals surface area contributed by atoms with E-state index in [0.717, 1.165) is 25.1 Å². The molecule has 1 rings (SSSR count). The predicted molar refractivity (Wildman–Crippen MR) is 79.8 cm³/mol. The molecule has 0 saturated carbocycles. The Kier molecular flexibility index (Phi) is 7.03. The first-order chi connectivity index (χ1) is 9.08. The van der Waals surface area contributed by atoms with Crippen LogP contribution in [0.2, 0.25) is 0 Å². The summed E-state index contributed by atoms with van der Waals surface area (Å²) in [7, 11) is 1.97. The van der Waals surface area contributed by atoms with E-state index in [1.807, 2.05) is 19.2 Å². The van der Waals surface area contributed by atoms with E-state index >= 15 is 0 Å². The smallest absolute Gasteiger partial charge is 0.123 e. The molecule has 1 atom stereocenters. The van der Waals surface area contributed by atoms with Crippen LogP contribution in [0, 0.1) is 5.82 Å². The summed E-state index contributed by atoms with van der Waals surface area (Å²) in [5, 5.41) is 3.33. The van der Waals surface area contributed by atoms with Gasteiger partial charge in [-0.25, -0.2) is 4.39 Å². The minimum Gasteiger partial charge on any atom is -0.313 e. The van der Waals surface area contributed by atoms with Crippen molar-refractivity contribution in [3.8, 4) is 0 Å². The maximum Gasteiger partial charge on any atom is 0.123 e. The molecular weight excluding hydrogens is 239 g/mol. The van der Waals surface area contributed by atoms with Gasteiger partial charge in [-0.15, -0.1) is 0 Å². The second-order valence-electron chi connectivity index (χ2n) is 5.31. The number of nitrogens with one attached hydrogen (secondary N) is 1. The van der Waals surface area contributed by atoms with Crippen LogP contribution in [0.15, 0.2) is 24.3 Å². The molecule has 0 bridgehead atoms. The number of benzene rings is 1. The van der Waals surface area contributed by atoms with Gasteiger partial charge in [0, 0.05) is 18.6 Å². The Labute approximate surface area is 117 Å². The number of nitrogens with zero attached hydrogens (tertiary/aromatic N) is 1. The first-order valence-electron chi connectivity index (χ1n) is 7.25. The van der Waals surface area contributed by atoms with Gasteiger partial charge < -0.3 is 10.2 Å². The van der Waals surface area contributed by atoms with Crippen molar-refractivity contribution in [2.75, 3.05) is 20.1 Å².